The van der Waals surface area contributed by atoms with Crippen molar-refractivity contribution in [3.63, 3.8) is 0 Å². The Bertz CT molecular complexity index is 337. The van der Waals surface area contributed by atoms with Gasteiger partial charge in [0.2, 0.25) is 0 Å². The van der Waals surface area contributed by atoms with Crippen molar-refractivity contribution >= 4 is 0 Å². The van der Waals surface area contributed by atoms with E-state index in [9.17, 15) is 0 Å². The van der Waals surface area contributed by atoms with Crippen LogP contribution in [0, 0.1) is 5.92 Å². The molecule has 2 atom stereocenters. The van der Waals surface area contributed by atoms with Gasteiger partial charge in [0.25, 0.3) is 0 Å². The van der Waals surface area contributed by atoms with E-state index >= 15 is 0 Å². The standard InChI is InChI=1S/C16H28N3/c1-14(13-19(5)12-11-18(3)4)16(17-2)15-9-7-6-8-10-15/h6-10,14,16H,11-13H2,1-5H3/q-1/t14-,16+/m0/s1. The largest absolute Gasteiger partial charge is 0.658 e. The molecule has 0 saturated heterocycles. The van der Waals surface area contributed by atoms with Crippen LogP contribution in [0.5, 0.6) is 0 Å². The van der Waals surface area contributed by atoms with Crippen LogP contribution in [0.15, 0.2) is 30.3 Å². The summed E-state index contributed by atoms with van der Waals surface area (Å²) < 4.78 is 0. The topological polar surface area (TPSA) is 20.6 Å². The lowest BCUT2D eigenvalue weighted by molar-refractivity contribution is 0.244. The molecular weight excluding hydrogens is 234 g/mol. The van der Waals surface area contributed by atoms with Crippen molar-refractivity contribution in [3.05, 3.63) is 41.2 Å². The van der Waals surface area contributed by atoms with Gasteiger partial charge in [-0.25, -0.2) is 0 Å². The SMILES string of the molecule is C[N-][C@@H](c1ccccc1)[C@@H](C)CN(C)CCN(C)C. The van der Waals surface area contributed by atoms with E-state index in [1.54, 1.807) is 0 Å². The maximum atomic E-state index is 4.57. The van der Waals surface area contributed by atoms with Crippen molar-refractivity contribution in [2.45, 2.75) is 13.0 Å². The third-order valence-electron chi connectivity index (χ3n) is 3.49. The Hall–Kier alpha value is -0.900. The van der Waals surface area contributed by atoms with Gasteiger partial charge in [0.05, 0.1) is 0 Å². The molecule has 0 amide bonds. The monoisotopic (exact) mass is 262 g/mol. The van der Waals surface area contributed by atoms with Gasteiger partial charge in [-0.15, -0.1) is 6.04 Å². The molecule has 0 bridgehead atoms. The number of benzene rings is 1. The zero-order chi connectivity index (χ0) is 14.3. The summed E-state index contributed by atoms with van der Waals surface area (Å²) in [4.78, 5) is 4.62. The lowest BCUT2D eigenvalue weighted by Crippen LogP contribution is -2.33. The number of rotatable bonds is 8. The smallest absolute Gasteiger partial charge is 0.0106 e. The highest BCUT2D eigenvalue weighted by Crippen LogP contribution is 2.28. The predicted octanol–water partition coefficient (Wildman–Crippen LogP) is 2.86. The number of hydrogen-bond acceptors (Lipinski definition) is 2. The third kappa shape index (κ3) is 5.72. The quantitative estimate of drug-likeness (QED) is 0.718. The van der Waals surface area contributed by atoms with Crippen LogP contribution in [0.2, 0.25) is 0 Å². The molecule has 0 aliphatic heterocycles. The zero-order valence-electron chi connectivity index (χ0n) is 13.0. The molecule has 1 aromatic carbocycles. The van der Waals surface area contributed by atoms with Crippen molar-refractivity contribution in [2.24, 2.45) is 5.92 Å². The summed E-state index contributed by atoms with van der Waals surface area (Å²) in [6.07, 6.45) is 0. The van der Waals surface area contributed by atoms with Gasteiger partial charge in [0, 0.05) is 13.1 Å². The maximum absolute atomic E-state index is 4.57. The third-order valence-corrected chi connectivity index (χ3v) is 3.49. The second-order valence-corrected chi connectivity index (χ2v) is 5.66. The molecule has 0 unspecified atom stereocenters. The summed E-state index contributed by atoms with van der Waals surface area (Å²) in [7, 11) is 8.35. The minimum absolute atomic E-state index is 0.294. The van der Waals surface area contributed by atoms with Gasteiger partial charge < -0.3 is 15.1 Å². The summed E-state index contributed by atoms with van der Waals surface area (Å²) in [5.41, 5.74) is 1.32. The highest BCUT2D eigenvalue weighted by Gasteiger charge is 2.12. The molecule has 19 heavy (non-hydrogen) atoms. The average molecular weight is 262 g/mol. The predicted molar refractivity (Wildman–Crippen MR) is 83.7 cm³/mol. The molecule has 0 spiro atoms. The summed E-state index contributed by atoms with van der Waals surface area (Å²) >= 11 is 0. The molecule has 0 radical (unpaired) electrons. The van der Waals surface area contributed by atoms with Crippen LogP contribution >= 0.6 is 0 Å². The van der Waals surface area contributed by atoms with Crippen molar-refractivity contribution in [1.29, 1.82) is 0 Å². The van der Waals surface area contributed by atoms with E-state index in [4.69, 9.17) is 0 Å². The Balaban J connectivity index is 2.52. The van der Waals surface area contributed by atoms with Crippen LogP contribution in [0.3, 0.4) is 0 Å². The first kappa shape index (κ1) is 16.2. The van der Waals surface area contributed by atoms with E-state index in [1.807, 2.05) is 7.05 Å². The Morgan fingerprint density at radius 1 is 1.05 bits per heavy atom. The molecule has 0 saturated carbocycles. The van der Waals surface area contributed by atoms with Crippen molar-refractivity contribution in [2.75, 3.05) is 47.8 Å². The fourth-order valence-corrected chi connectivity index (χ4v) is 2.44. The molecule has 0 aliphatic rings. The molecule has 3 heteroatoms. The summed E-state index contributed by atoms with van der Waals surface area (Å²) in [6, 6.07) is 10.9. The average Bonchev–Trinajstić information content (AvgIpc) is 2.38. The fraction of sp³-hybridized carbons (Fsp3) is 0.625. The molecular formula is C16H28N3-. The van der Waals surface area contributed by atoms with Gasteiger partial charge in [-0.2, -0.15) is 7.05 Å². The first-order valence-corrected chi connectivity index (χ1v) is 7.01. The highest BCUT2D eigenvalue weighted by molar-refractivity contribution is 5.23. The highest BCUT2D eigenvalue weighted by atomic mass is 15.2. The number of nitrogens with zero attached hydrogens (tertiary/aromatic N) is 3. The molecule has 0 fully saturated rings. The van der Waals surface area contributed by atoms with Gasteiger partial charge in [-0.1, -0.05) is 42.8 Å². The molecule has 0 N–H and O–H groups in total. The minimum atomic E-state index is 0.294. The van der Waals surface area contributed by atoms with Crippen LogP contribution in [-0.2, 0) is 0 Å². The van der Waals surface area contributed by atoms with Gasteiger partial charge in [-0.05, 0) is 33.6 Å². The molecule has 3 nitrogen and oxygen atoms in total. The second kappa shape index (κ2) is 8.31. The molecule has 0 aliphatic carbocycles. The van der Waals surface area contributed by atoms with E-state index in [1.165, 1.54) is 5.56 Å². The van der Waals surface area contributed by atoms with E-state index in [0.29, 0.717) is 12.0 Å². The van der Waals surface area contributed by atoms with Crippen LogP contribution < -0.4 is 0 Å². The first-order valence-electron chi connectivity index (χ1n) is 7.01. The molecule has 0 heterocycles. The minimum Gasteiger partial charge on any atom is -0.658 e. The van der Waals surface area contributed by atoms with Crippen molar-refractivity contribution in [3.8, 4) is 0 Å². The molecule has 1 aromatic rings. The lowest BCUT2D eigenvalue weighted by Gasteiger charge is -2.37. The zero-order valence-corrected chi connectivity index (χ0v) is 13.0. The number of hydrogen-bond donors (Lipinski definition) is 0. The molecule has 0 aromatic heterocycles. The van der Waals surface area contributed by atoms with Crippen LogP contribution in [-0.4, -0.2) is 57.6 Å². The van der Waals surface area contributed by atoms with Crippen LogP contribution in [0.1, 0.15) is 18.5 Å². The summed E-state index contributed by atoms with van der Waals surface area (Å²) in [5, 5.41) is 4.57. The van der Waals surface area contributed by atoms with Gasteiger partial charge >= 0.3 is 0 Å². The van der Waals surface area contributed by atoms with Crippen LogP contribution in [0.25, 0.3) is 5.32 Å². The second-order valence-electron chi connectivity index (χ2n) is 5.66. The lowest BCUT2D eigenvalue weighted by atomic mass is 9.94. The van der Waals surface area contributed by atoms with Crippen molar-refractivity contribution in [1.82, 2.24) is 9.80 Å². The Morgan fingerprint density at radius 2 is 1.68 bits per heavy atom. The van der Waals surface area contributed by atoms with E-state index < -0.39 is 0 Å². The molecule has 1 rings (SSSR count). The first-order chi connectivity index (χ1) is 9.04. The van der Waals surface area contributed by atoms with Gasteiger partial charge in [0.1, 0.15) is 0 Å². The van der Waals surface area contributed by atoms with Crippen LogP contribution in [0.4, 0.5) is 0 Å². The fourth-order valence-electron chi connectivity index (χ4n) is 2.44. The molecule has 108 valence electrons. The van der Waals surface area contributed by atoms with Gasteiger partial charge in [-0.3, -0.25) is 0 Å². The van der Waals surface area contributed by atoms with E-state index in [0.717, 1.165) is 19.6 Å². The Labute approximate surface area is 118 Å². The number of likely N-dealkylation sites (N-methyl/N-ethyl adjacent to an activating group) is 2. The van der Waals surface area contributed by atoms with E-state index in [-0.39, 0.29) is 0 Å². The normalized spacial score (nSPS) is 14.9. The maximum Gasteiger partial charge on any atom is 0.0106 e. The van der Waals surface area contributed by atoms with E-state index in [2.05, 4.69) is 73.5 Å². The summed E-state index contributed by atoms with van der Waals surface area (Å²) in [6.45, 7) is 5.56. The summed E-state index contributed by atoms with van der Waals surface area (Å²) in [5.74, 6) is 0.527. The van der Waals surface area contributed by atoms with Gasteiger partial charge in [0.15, 0.2) is 0 Å². The van der Waals surface area contributed by atoms with Crippen molar-refractivity contribution < 1.29 is 0 Å². The Kier molecular flexibility index (Phi) is 7.06. The Morgan fingerprint density at radius 3 is 2.21 bits per heavy atom.